The molecule has 0 saturated carbocycles. The quantitative estimate of drug-likeness (QED) is 0.358. The number of cyclic esters (lactones) is 1. The third-order valence-electron chi connectivity index (χ3n) is 4.55. The van der Waals surface area contributed by atoms with Gasteiger partial charge >= 0.3 is 11.9 Å². The van der Waals surface area contributed by atoms with Crippen LogP contribution in [0.1, 0.15) is 32.6 Å². The Kier molecular flexibility index (Phi) is 5.26. The van der Waals surface area contributed by atoms with E-state index in [2.05, 4.69) is 4.99 Å². The Morgan fingerprint density at radius 3 is 2.43 bits per heavy atom. The van der Waals surface area contributed by atoms with Crippen molar-refractivity contribution in [1.82, 2.24) is 0 Å². The summed E-state index contributed by atoms with van der Waals surface area (Å²) in [5.74, 6) is -0.429. The zero-order valence-corrected chi connectivity index (χ0v) is 16.6. The lowest BCUT2D eigenvalue weighted by molar-refractivity contribution is -0.129. The summed E-state index contributed by atoms with van der Waals surface area (Å²) in [5, 5.41) is 0. The zero-order chi connectivity index (χ0) is 21.1. The number of aliphatic imine (C=N–C) groups is 1. The number of nitrogens with zero attached hydrogens (tertiary/aromatic N) is 1. The summed E-state index contributed by atoms with van der Waals surface area (Å²) in [6.45, 7) is 3.86. The van der Waals surface area contributed by atoms with Gasteiger partial charge in [-0.15, -0.1) is 0 Å². The molecular weight excluding hydrogens is 378 g/mol. The van der Waals surface area contributed by atoms with Crippen molar-refractivity contribution in [2.45, 2.75) is 13.8 Å². The number of aryl methyl sites for hydroxylation is 2. The maximum Gasteiger partial charge on any atom is 0.363 e. The summed E-state index contributed by atoms with van der Waals surface area (Å²) in [6, 6.07) is 21.7. The molecule has 5 nitrogen and oxygen atoms in total. The monoisotopic (exact) mass is 397 g/mol. The van der Waals surface area contributed by atoms with E-state index in [1.807, 2.05) is 44.2 Å². The van der Waals surface area contributed by atoms with E-state index in [1.165, 1.54) is 0 Å². The lowest BCUT2D eigenvalue weighted by Gasteiger charge is -2.08. The molecule has 0 unspecified atom stereocenters. The summed E-state index contributed by atoms with van der Waals surface area (Å²) in [6.07, 6.45) is 1.56. The molecule has 0 bridgehead atoms. The molecule has 5 heteroatoms. The van der Waals surface area contributed by atoms with Gasteiger partial charge in [0.15, 0.2) is 5.70 Å². The molecule has 1 heterocycles. The van der Waals surface area contributed by atoms with E-state index in [4.69, 9.17) is 9.47 Å². The topological polar surface area (TPSA) is 65.0 Å². The van der Waals surface area contributed by atoms with Crippen LogP contribution < -0.4 is 4.74 Å². The summed E-state index contributed by atoms with van der Waals surface area (Å²) in [5.41, 5.74) is 3.89. The van der Waals surface area contributed by atoms with Crippen molar-refractivity contribution in [3.63, 3.8) is 0 Å². The SMILES string of the molecule is Cc1cccc(C(=O)Oc2ccccc2/C=C2/N=C(c3cccc(C)c3)OC2=O)c1. The van der Waals surface area contributed by atoms with E-state index in [-0.39, 0.29) is 11.6 Å². The number of hydrogen-bond donors (Lipinski definition) is 0. The first-order valence-electron chi connectivity index (χ1n) is 9.47. The number of benzene rings is 3. The van der Waals surface area contributed by atoms with Crippen LogP contribution in [0.2, 0.25) is 0 Å². The third-order valence-corrected chi connectivity index (χ3v) is 4.55. The maximum atomic E-state index is 12.5. The Balaban J connectivity index is 1.63. The molecular formula is C25H19NO4. The minimum absolute atomic E-state index is 0.144. The minimum Gasteiger partial charge on any atom is -0.422 e. The van der Waals surface area contributed by atoms with Crippen molar-refractivity contribution >= 4 is 23.9 Å². The fraction of sp³-hybridized carbons (Fsp3) is 0.0800. The van der Waals surface area contributed by atoms with Crippen LogP contribution in [0.15, 0.2) is 83.5 Å². The average molecular weight is 397 g/mol. The number of ether oxygens (including phenoxy) is 2. The molecule has 0 aliphatic carbocycles. The van der Waals surface area contributed by atoms with E-state index in [9.17, 15) is 9.59 Å². The van der Waals surface area contributed by atoms with Gasteiger partial charge in [-0.05, 0) is 50.3 Å². The lowest BCUT2D eigenvalue weighted by atomic mass is 10.1. The Labute approximate surface area is 174 Å². The normalized spacial score (nSPS) is 14.4. The smallest absolute Gasteiger partial charge is 0.363 e. The molecule has 0 spiro atoms. The van der Waals surface area contributed by atoms with Crippen LogP contribution in [-0.2, 0) is 9.53 Å². The predicted molar refractivity (Wildman–Crippen MR) is 114 cm³/mol. The summed E-state index contributed by atoms with van der Waals surface area (Å²) in [7, 11) is 0. The summed E-state index contributed by atoms with van der Waals surface area (Å²) in [4.78, 5) is 29.2. The number of hydrogen-bond acceptors (Lipinski definition) is 5. The largest absolute Gasteiger partial charge is 0.422 e. The lowest BCUT2D eigenvalue weighted by Crippen LogP contribution is -2.09. The van der Waals surface area contributed by atoms with E-state index in [1.54, 1.807) is 48.5 Å². The van der Waals surface area contributed by atoms with Gasteiger partial charge < -0.3 is 9.47 Å². The molecule has 1 aliphatic heterocycles. The van der Waals surface area contributed by atoms with E-state index in [0.29, 0.717) is 16.9 Å². The van der Waals surface area contributed by atoms with Gasteiger partial charge in [0, 0.05) is 11.1 Å². The van der Waals surface area contributed by atoms with Gasteiger partial charge in [-0.1, -0.05) is 53.6 Å². The first-order chi connectivity index (χ1) is 14.5. The molecule has 0 aromatic heterocycles. The van der Waals surface area contributed by atoms with Crippen LogP contribution >= 0.6 is 0 Å². The van der Waals surface area contributed by atoms with Crippen molar-refractivity contribution in [2.75, 3.05) is 0 Å². The highest BCUT2D eigenvalue weighted by Crippen LogP contribution is 2.25. The fourth-order valence-electron chi connectivity index (χ4n) is 3.08. The molecule has 0 amide bonds. The second-order valence-corrected chi connectivity index (χ2v) is 7.00. The van der Waals surface area contributed by atoms with Crippen LogP contribution in [0.3, 0.4) is 0 Å². The second-order valence-electron chi connectivity index (χ2n) is 7.00. The number of carbonyl (C=O) groups excluding carboxylic acids is 2. The number of rotatable bonds is 4. The maximum absolute atomic E-state index is 12.5. The highest BCUT2D eigenvalue weighted by Gasteiger charge is 2.24. The van der Waals surface area contributed by atoms with Crippen LogP contribution in [0, 0.1) is 13.8 Å². The van der Waals surface area contributed by atoms with Crippen LogP contribution in [-0.4, -0.2) is 17.8 Å². The van der Waals surface area contributed by atoms with Gasteiger partial charge in [0.25, 0.3) is 0 Å². The molecule has 3 aromatic rings. The molecule has 0 saturated heterocycles. The Bertz CT molecular complexity index is 1210. The number of para-hydroxylation sites is 1. The van der Waals surface area contributed by atoms with Crippen molar-refractivity contribution in [3.8, 4) is 5.75 Å². The van der Waals surface area contributed by atoms with Crippen molar-refractivity contribution in [2.24, 2.45) is 4.99 Å². The predicted octanol–water partition coefficient (Wildman–Crippen LogP) is 4.87. The van der Waals surface area contributed by atoms with Gasteiger partial charge in [0.1, 0.15) is 5.75 Å². The standard InChI is InChI=1S/C25H19NO4/c1-16-7-5-10-19(13-16)23-26-21(25(28)30-23)15-18-9-3-4-12-22(18)29-24(27)20-11-6-8-17(2)14-20/h3-15H,1-2H3/b21-15+. The van der Waals surface area contributed by atoms with E-state index < -0.39 is 11.9 Å². The van der Waals surface area contributed by atoms with Gasteiger partial charge in [-0.2, -0.15) is 0 Å². The second kappa shape index (κ2) is 8.17. The Morgan fingerprint density at radius 2 is 1.67 bits per heavy atom. The van der Waals surface area contributed by atoms with Crippen LogP contribution in [0.25, 0.3) is 6.08 Å². The number of esters is 2. The highest BCUT2D eigenvalue weighted by atomic mass is 16.6. The fourth-order valence-corrected chi connectivity index (χ4v) is 3.08. The minimum atomic E-state index is -0.550. The molecule has 4 rings (SSSR count). The van der Waals surface area contributed by atoms with E-state index in [0.717, 1.165) is 16.7 Å². The Hall–Kier alpha value is -3.99. The molecule has 0 fully saturated rings. The molecule has 0 radical (unpaired) electrons. The zero-order valence-electron chi connectivity index (χ0n) is 16.6. The molecule has 1 aliphatic rings. The molecule has 30 heavy (non-hydrogen) atoms. The summed E-state index contributed by atoms with van der Waals surface area (Å²) < 4.78 is 10.9. The van der Waals surface area contributed by atoms with Crippen molar-refractivity contribution in [1.29, 1.82) is 0 Å². The first-order valence-corrected chi connectivity index (χ1v) is 9.47. The number of carbonyl (C=O) groups is 2. The molecule has 148 valence electrons. The highest BCUT2D eigenvalue weighted by molar-refractivity contribution is 6.13. The van der Waals surface area contributed by atoms with Crippen LogP contribution in [0.4, 0.5) is 0 Å². The van der Waals surface area contributed by atoms with Crippen molar-refractivity contribution < 1.29 is 19.1 Å². The third kappa shape index (κ3) is 4.20. The molecule has 3 aromatic carbocycles. The van der Waals surface area contributed by atoms with Gasteiger partial charge in [-0.25, -0.2) is 14.6 Å². The first kappa shape index (κ1) is 19.3. The van der Waals surface area contributed by atoms with Gasteiger partial charge in [-0.3, -0.25) is 0 Å². The Morgan fingerprint density at radius 1 is 0.933 bits per heavy atom. The van der Waals surface area contributed by atoms with Gasteiger partial charge in [0.05, 0.1) is 5.56 Å². The molecule has 0 N–H and O–H groups in total. The van der Waals surface area contributed by atoms with Gasteiger partial charge in [0.2, 0.25) is 5.90 Å². The average Bonchev–Trinajstić information content (AvgIpc) is 3.10. The van der Waals surface area contributed by atoms with Crippen molar-refractivity contribution in [3.05, 3.63) is 106 Å². The van der Waals surface area contributed by atoms with E-state index >= 15 is 0 Å². The summed E-state index contributed by atoms with van der Waals surface area (Å²) >= 11 is 0. The molecule has 0 atom stereocenters. The van der Waals surface area contributed by atoms with Crippen LogP contribution in [0.5, 0.6) is 5.75 Å².